The Labute approximate surface area is 220 Å². The number of benzene rings is 1. The maximum absolute atomic E-state index is 13.5. The molecular weight excluding hydrogens is 490 g/mol. The number of esters is 1. The summed E-state index contributed by atoms with van der Waals surface area (Å²) in [5.74, 6) is -1.73. The second kappa shape index (κ2) is 14.1. The maximum Gasteiger partial charge on any atom is 0.337 e. The zero-order valence-electron chi connectivity index (χ0n) is 23.0. The number of carboxylic acids is 1. The first-order valence-electron chi connectivity index (χ1n) is 12.9. The molecule has 0 radical (unpaired) electrons. The Hall–Kier alpha value is -2.98. The average molecular weight is 532 g/mol. The van der Waals surface area contributed by atoms with Crippen LogP contribution in [0.1, 0.15) is 70.7 Å². The molecule has 204 valence electrons. The van der Waals surface area contributed by atoms with E-state index in [1.54, 1.807) is 10.8 Å². The third-order valence-electron chi connectivity index (χ3n) is 5.98. The number of ether oxygens (including phenoxy) is 2. The van der Waals surface area contributed by atoms with Gasteiger partial charge in [-0.25, -0.2) is 14.6 Å². The first-order valence-corrected chi connectivity index (χ1v) is 16.6. The summed E-state index contributed by atoms with van der Waals surface area (Å²) in [6, 6.07) is 5.26. The molecule has 9 nitrogen and oxygen atoms in total. The smallest absolute Gasteiger partial charge is 0.337 e. The number of carbonyl (C=O) groups is 3. The number of unbranched alkanes of at least 4 members (excludes halogenated alkanes) is 2. The molecule has 0 saturated heterocycles. The number of methoxy groups -OCH3 is 1. The van der Waals surface area contributed by atoms with E-state index in [1.807, 2.05) is 4.90 Å². The third-order valence-corrected chi connectivity index (χ3v) is 7.69. The highest BCUT2D eigenvalue weighted by atomic mass is 28.3. The minimum atomic E-state index is -1.30. The molecule has 0 bridgehead atoms. The monoisotopic (exact) mass is 531 g/mol. The number of aromatic nitrogens is 2. The van der Waals surface area contributed by atoms with Gasteiger partial charge >= 0.3 is 11.9 Å². The van der Waals surface area contributed by atoms with Crippen LogP contribution in [0.25, 0.3) is 11.4 Å². The van der Waals surface area contributed by atoms with Crippen LogP contribution < -0.4 is 0 Å². The number of carbonyl (C=O) groups excluding carboxylic acids is 2. The van der Waals surface area contributed by atoms with Gasteiger partial charge in [-0.2, -0.15) is 0 Å². The Bertz CT molecular complexity index is 1070. The van der Waals surface area contributed by atoms with Gasteiger partial charge in [0.1, 0.15) is 18.2 Å². The number of hydrogen-bond acceptors (Lipinski definition) is 6. The minimum absolute atomic E-state index is 0.107. The molecule has 0 aliphatic rings. The third kappa shape index (κ3) is 8.82. The van der Waals surface area contributed by atoms with Crippen LogP contribution in [0.2, 0.25) is 25.7 Å². The molecule has 37 heavy (non-hydrogen) atoms. The standard InChI is InChI=1S/C27H41N3O6Si/c1-7-9-13-29(14-10-8-2)25(31)23-18-30(19-36-15-16-37(4,5)6)24(28-23)21-12-11-20(27(34)35-3)17-22(21)26(32)33/h11-12,17-18H,7-10,13-16,19H2,1-6H3,(H,32,33). The number of aromatic carboxylic acids is 1. The van der Waals surface area contributed by atoms with Gasteiger partial charge in [-0.1, -0.05) is 46.3 Å². The van der Waals surface area contributed by atoms with Crippen molar-refractivity contribution in [3.05, 3.63) is 41.2 Å². The highest BCUT2D eigenvalue weighted by Gasteiger charge is 2.24. The van der Waals surface area contributed by atoms with Crippen molar-refractivity contribution in [1.29, 1.82) is 0 Å². The summed E-state index contributed by atoms with van der Waals surface area (Å²) in [6.07, 6.45) is 5.35. The molecule has 0 saturated carbocycles. The second-order valence-electron chi connectivity index (χ2n) is 10.3. The first kappa shape index (κ1) is 30.2. The molecule has 0 fully saturated rings. The van der Waals surface area contributed by atoms with E-state index in [0.717, 1.165) is 31.7 Å². The fourth-order valence-corrected chi connectivity index (χ4v) is 4.47. The van der Waals surface area contributed by atoms with Gasteiger partial charge in [0.2, 0.25) is 0 Å². The van der Waals surface area contributed by atoms with Gasteiger partial charge in [0.05, 0.1) is 18.2 Å². The number of carboxylic acid groups (broad SMARTS) is 1. The number of rotatable bonds is 15. The van der Waals surface area contributed by atoms with Gasteiger partial charge < -0.3 is 24.0 Å². The van der Waals surface area contributed by atoms with Crippen LogP contribution in [-0.2, 0) is 16.2 Å². The number of imidazole rings is 1. The maximum atomic E-state index is 13.5. The van der Waals surface area contributed by atoms with Crippen LogP contribution in [0, 0.1) is 0 Å². The van der Waals surface area contributed by atoms with Gasteiger partial charge in [-0.3, -0.25) is 4.79 Å². The van der Waals surface area contributed by atoms with Crippen molar-refractivity contribution in [2.24, 2.45) is 0 Å². The molecule has 0 atom stereocenters. The summed E-state index contributed by atoms with van der Waals surface area (Å²) in [4.78, 5) is 44.0. The van der Waals surface area contributed by atoms with Crippen LogP contribution >= 0.6 is 0 Å². The summed E-state index contributed by atoms with van der Waals surface area (Å²) in [7, 11) is -0.0651. The van der Waals surface area contributed by atoms with Crippen molar-refractivity contribution in [2.75, 3.05) is 26.8 Å². The van der Waals surface area contributed by atoms with Gasteiger partial charge in [0.15, 0.2) is 0 Å². The molecule has 0 aliphatic heterocycles. The van der Waals surface area contributed by atoms with E-state index in [4.69, 9.17) is 9.47 Å². The Kier molecular flexibility index (Phi) is 11.5. The fourth-order valence-electron chi connectivity index (χ4n) is 3.71. The van der Waals surface area contributed by atoms with Crippen molar-refractivity contribution in [3.8, 4) is 11.4 Å². The summed E-state index contributed by atoms with van der Waals surface area (Å²) in [6.45, 7) is 12.9. The first-order chi connectivity index (χ1) is 17.5. The Morgan fingerprint density at radius 3 is 2.27 bits per heavy atom. The van der Waals surface area contributed by atoms with Crippen molar-refractivity contribution in [1.82, 2.24) is 14.5 Å². The number of amides is 1. The topological polar surface area (TPSA) is 111 Å². The second-order valence-corrected chi connectivity index (χ2v) is 15.9. The Morgan fingerprint density at radius 1 is 1.08 bits per heavy atom. The van der Waals surface area contributed by atoms with Gasteiger partial charge in [0.25, 0.3) is 5.91 Å². The van der Waals surface area contributed by atoms with E-state index >= 15 is 0 Å². The average Bonchev–Trinajstić information content (AvgIpc) is 3.28. The molecule has 0 spiro atoms. The zero-order valence-corrected chi connectivity index (χ0v) is 24.0. The largest absolute Gasteiger partial charge is 0.478 e. The van der Waals surface area contributed by atoms with E-state index in [1.165, 1.54) is 25.3 Å². The SMILES string of the molecule is CCCCN(CCCC)C(=O)c1cn(COCC[Si](C)(C)C)c(-c2ccc(C(=O)OC)cc2C(=O)O)n1. The summed E-state index contributed by atoms with van der Waals surface area (Å²) in [5, 5.41) is 9.91. The molecule has 1 heterocycles. The lowest BCUT2D eigenvalue weighted by molar-refractivity contribution is 0.0600. The number of hydrogen-bond donors (Lipinski definition) is 1. The molecule has 1 aromatic heterocycles. The highest BCUT2D eigenvalue weighted by Crippen LogP contribution is 2.26. The summed E-state index contributed by atoms with van der Waals surface area (Å²) < 4.78 is 12.3. The molecule has 0 unspecified atom stereocenters. The molecule has 10 heteroatoms. The quantitative estimate of drug-likeness (QED) is 0.186. The van der Waals surface area contributed by atoms with E-state index < -0.39 is 20.0 Å². The van der Waals surface area contributed by atoms with Crippen molar-refractivity contribution < 1.29 is 29.0 Å². The number of nitrogens with zero attached hydrogens (tertiary/aromatic N) is 3. The lowest BCUT2D eigenvalue weighted by atomic mass is 10.0. The summed E-state index contributed by atoms with van der Waals surface area (Å²) in [5.41, 5.74) is 0.547. The van der Waals surface area contributed by atoms with Crippen molar-refractivity contribution in [2.45, 2.75) is 71.9 Å². The van der Waals surface area contributed by atoms with Crippen LogP contribution in [0.15, 0.2) is 24.4 Å². The normalized spacial score (nSPS) is 11.4. The Balaban J connectivity index is 2.51. The molecule has 1 aromatic carbocycles. The predicted molar refractivity (Wildman–Crippen MR) is 146 cm³/mol. The van der Waals surface area contributed by atoms with Crippen LogP contribution in [-0.4, -0.2) is 72.3 Å². The van der Waals surface area contributed by atoms with Crippen LogP contribution in [0.3, 0.4) is 0 Å². The molecule has 1 N–H and O–H groups in total. The van der Waals surface area contributed by atoms with E-state index in [2.05, 4.69) is 38.5 Å². The van der Waals surface area contributed by atoms with Crippen molar-refractivity contribution in [3.63, 3.8) is 0 Å². The van der Waals surface area contributed by atoms with E-state index in [-0.39, 0.29) is 29.5 Å². The lowest BCUT2D eigenvalue weighted by Crippen LogP contribution is -2.33. The lowest BCUT2D eigenvalue weighted by Gasteiger charge is -2.21. The molecule has 2 rings (SSSR count). The summed E-state index contributed by atoms with van der Waals surface area (Å²) >= 11 is 0. The fraction of sp³-hybridized carbons (Fsp3) is 0.556. The molecule has 0 aliphatic carbocycles. The molecular formula is C27H41N3O6Si. The van der Waals surface area contributed by atoms with E-state index in [0.29, 0.717) is 31.1 Å². The minimum Gasteiger partial charge on any atom is -0.478 e. The molecule has 2 aromatic rings. The van der Waals surface area contributed by atoms with Crippen LogP contribution in [0.5, 0.6) is 0 Å². The van der Waals surface area contributed by atoms with Crippen molar-refractivity contribution >= 4 is 25.9 Å². The zero-order chi connectivity index (χ0) is 27.6. The Morgan fingerprint density at radius 2 is 1.73 bits per heavy atom. The highest BCUT2D eigenvalue weighted by molar-refractivity contribution is 6.76. The van der Waals surface area contributed by atoms with Gasteiger partial charge in [0, 0.05) is 39.5 Å². The van der Waals surface area contributed by atoms with Crippen LogP contribution in [0.4, 0.5) is 0 Å². The van der Waals surface area contributed by atoms with Gasteiger partial charge in [-0.05, 0) is 37.1 Å². The van der Waals surface area contributed by atoms with E-state index in [9.17, 15) is 19.5 Å². The molecule has 1 amide bonds. The van der Waals surface area contributed by atoms with Gasteiger partial charge in [-0.15, -0.1) is 0 Å². The predicted octanol–water partition coefficient (Wildman–Crippen LogP) is 5.39.